The highest BCUT2D eigenvalue weighted by Crippen LogP contribution is 2.20. The Bertz CT molecular complexity index is 1010. The van der Waals surface area contributed by atoms with Crippen molar-refractivity contribution in [2.45, 2.75) is 45.2 Å². The third kappa shape index (κ3) is 3.25. The molecule has 140 valence electrons. The Kier molecular flexibility index (Phi) is 4.75. The Hall–Kier alpha value is -2.96. The van der Waals surface area contributed by atoms with E-state index < -0.39 is 0 Å². The summed E-state index contributed by atoms with van der Waals surface area (Å²) >= 11 is 0. The number of aromatic nitrogens is 4. The Labute approximate surface area is 157 Å². The van der Waals surface area contributed by atoms with Crippen LogP contribution in [-0.2, 0) is 11.3 Å². The lowest BCUT2D eigenvalue weighted by atomic mass is 10.00. The minimum atomic E-state index is -0.236. The number of rotatable bonds is 4. The van der Waals surface area contributed by atoms with Crippen molar-refractivity contribution in [3.8, 4) is 5.69 Å². The molecule has 1 aliphatic heterocycles. The molecule has 3 aromatic rings. The van der Waals surface area contributed by atoms with E-state index in [2.05, 4.69) is 17.0 Å². The lowest BCUT2D eigenvalue weighted by Gasteiger charge is -2.35. The molecule has 0 unspecified atom stereocenters. The van der Waals surface area contributed by atoms with Crippen molar-refractivity contribution in [3.05, 3.63) is 53.2 Å². The van der Waals surface area contributed by atoms with Crippen molar-refractivity contribution in [2.75, 3.05) is 6.54 Å². The molecule has 1 atom stereocenters. The van der Waals surface area contributed by atoms with Gasteiger partial charge >= 0.3 is 0 Å². The van der Waals surface area contributed by atoms with E-state index >= 15 is 0 Å². The maximum atomic E-state index is 12.8. The van der Waals surface area contributed by atoms with Crippen LogP contribution in [0.25, 0.3) is 16.7 Å². The van der Waals surface area contributed by atoms with E-state index in [1.807, 2.05) is 35.2 Å². The molecule has 1 aliphatic rings. The summed E-state index contributed by atoms with van der Waals surface area (Å²) in [6, 6.07) is 9.83. The van der Waals surface area contributed by atoms with Gasteiger partial charge in [-0.2, -0.15) is 5.10 Å². The first-order valence-electron chi connectivity index (χ1n) is 9.47. The van der Waals surface area contributed by atoms with Crippen molar-refractivity contribution >= 4 is 16.9 Å². The summed E-state index contributed by atoms with van der Waals surface area (Å²) in [4.78, 5) is 31.9. The molecule has 27 heavy (non-hydrogen) atoms. The molecule has 0 aliphatic carbocycles. The van der Waals surface area contributed by atoms with Crippen LogP contribution in [0.1, 0.15) is 32.6 Å². The zero-order valence-electron chi connectivity index (χ0n) is 15.4. The summed E-state index contributed by atoms with van der Waals surface area (Å²) in [5.41, 5.74) is 1.10. The fourth-order valence-corrected chi connectivity index (χ4v) is 3.81. The maximum absolute atomic E-state index is 12.8. The highest BCUT2D eigenvalue weighted by Gasteiger charge is 2.25. The Morgan fingerprint density at radius 1 is 1.22 bits per heavy atom. The number of piperidine rings is 1. The quantitative estimate of drug-likeness (QED) is 0.711. The van der Waals surface area contributed by atoms with E-state index in [4.69, 9.17) is 0 Å². The van der Waals surface area contributed by atoms with E-state index in [0.717, 1.165) is 37.9 Å². The first kappa shape index (κ1) is 17.5. The van der Waals surface area contributed by atoms with Crippen LogP contribution in [0.2, 0.25) is 0 Å². The number of carbonyl (C=O) groups is 1. The zero-order chi connectivity index (χ0) is 18.8. The Balaban J connectivity index is 1.63. The van der Waals surface area contributed by atoms with E-state index in [0.29, 0.717) is 11.0 Å². The van der Waals surface area contributed by atoms with Crippen LogP contribution in [0.4, 0.5) is 0 Å². The van der Waals surface area contributed by atoms with Crippen LogP contribution < -0.4 is 5.56 Å². The minimum Gasteiger partial charge on any atom is -0.338 e. The van der Waals surface area contributed by atoms with Gasteiger partial charge in [-0.15, -0.1) is 0 Å². The summed E-state index contributed by atoms with van der Waals surface area (Å²) in [6.45, 7) is 2.90. The summed E-state index contributed by atoms with van der Waals surface area (Å²) < 4.78 is 3.03. The normalized spacial score (nSPS) is 17.4. The van der Waals surface area contributed by atoms with Crippen molar-refractivity contribution in [1.82, 2.24) is 24.2 Å². The first-order valence-corrected chi connectivity index (χ1v) is 9.47. The Morgan fingerprint density at radius 3 is 2.81 bits per heavy atom. The van der Waals surface area contributed by atoms with Gasteiger partial charge in [-0.05, 0) is 37.8 Å². The van der Waals surface area contributed by atoms with Crippen LogP contribution in [0.15, 0.2) is 47.7 Å². The largest absolute Gasteiger partial charge is 0.338 e. The van der Waals surface area contributed by atoms with Gasteiger partial charge in [0.1, 0.15) is 18.3 Å². The van der Waals surface area contributed by atoms with Crippen LogP contribution >= 0.6 is 0 Å². The number of carbonyl (C=O) groups excluding carboxylic acids is 1. The molecule has 0 saturated carbocycles. The molecule has 0 spiro atoms. The predicted molar refractivity (Wildman–Crippen MR) is 103 cm³/mol. The molecule has 1 amide bonds. The van der Waals surface area contributed by atoms with E-state index in [1.165, 1.54) is 17.1 Å². The highest BCUT2D eigenvalue weighted by molar-refractivity contribution is 5.78. The first-order chi connectivity index (χ1) is 13.2. The van der Waals surface area contributed by atoms with Gasteiger partial charge in [-0.3, -0.25) is 14.2 Å². The lowest BCUT2D eigenvalue weighted by Crippen LogP contribution is -2.45. The maximum Gasteiger partial charge on any atom is 0.264 e. The van der Waals surface area contributed by atoms with Gasteiger partial charge in [0.25, 0.3) is 5.56 Å². The molecule has 1 aromatic carbocycles. The second-order valence-corrected chi connectivity index (χ2v) is 6.95. The molecule has 7 nitrogen and oxygen atoms in total. The number of nitrogens with zero attached hydrogens (tertiary/aromatic N) is 5. The van der Waals surface area contributed by atoms with Crippen LogP contribution in [0.3, 0.4) is 0 Å². The monoisotopic (exact) mass is 365 g/mol. The molecule has 3 heterocycles. The molecular weight excluding hydrogens is 342 g/mol. The summed E-state index contributed by atoms with van der Waals surface area (Å²) in [6.07, 6.45) is 7.15. The number of likely N-dealkylation sites (tertiary alicyclic amines) is 1. The zero-order valence-corrected chi connectivity index (χ0v) is 15.4. The molecular formula is C20H23N5O2. The minimum absolute atomic E-state index is 0.0137. The molecule has 0 radical (unpaired) electrons. The van der Waals surface area contributed by atoms with Gasteiger partial charge in [0.2, 0.25) is 5.91 Å². The highest BCUT2D eigenvalue weighted by atomic mass is 16.2. The number of benzene rings is 1. The average molecular weight is 365 g/mol. The number of fused-ring (bicyclic) bond motifs is 1. The van der Waals surface area contributed by atoms with E-state index in [1.54, 1.807) is 4.68 Å². The van der Waals surface area contributed by atoms with Gasteiger partial charge in [0, 0.05) is 12.6 Å². The second-order valence-electron chi connectivity index (χ2n) is 6.95. The average Bonchev–Trinajstić information content (AvgIpc) is 3.15. The van der Waals surface area contributed by atoms with Crippen LogP contribution in [0.5, 0.6) is 0 Å². The van der Waals surface area contributed by atoms with Gasteiger partial charge in [-0.1, -0.05) is 25.1 Å². The van der Waals surface area contributed by atoms with Gasteiger partial charge < -0.3 is 4.90 Å². The molecule has 4 rings (SSSR count). The van der Waals surface area contributed by atoms with Gasteiger partial charge in [0.15, 0.2) is 5.65 Å². The second kappa shape index (κ2) is 7.34. The van der Waals surface area contributed by atoms with Crippen molar-refractivity contribution < 1.29 is 4.79 Å². The summed E-state index contributed by atoms with van der Waals surface area (Å²) in [5.74, 6) is -0.0137. The van der Waals surface area contributed by atoms with Gasteiger partial charge in [-0.25, -0.2) is 9.67 Å². The number of hydrogen-bond donors (Lipinski definition) is 0. The number of para-hydroxylation sites is 1. The molecule has 0 bridgehead atoms. The van der Waals surface area contributed by atoms with Crippen LogP contribution in [-0.4, -0.2) is 42.7 Å². The van der Waals surface area contributed by atoms with Crippen LogP contribution in [0, 0.1) is 0 Å². The predicted octanol–water partition coefficient (Wildman–Crippen LogP) is 2.37. The molecule has 0 N–H and O–H groups in total. The SMILES string of the molecule is CC[C@H]1CCCCN1C(=O)Cn1cnc2c(cnn2-c2ccccc2)c1=O. The standard InChI is InChI=1S/C20H23N5O2/c1-2-15-8-6-7-11-24(15)18(26)13-23-14-21-19-17(20(23)27)12-22-25(19)16-9-4-3-5-10-16/h3-5,9-10,12,14-15H,2,6-8,11,13H2,1H3/t15-/m0/s1. The van der Waals surface area contributed by atoms with Crippen molar-refractivity contribution in [2.24, 2.45) is 0 Å². The van der Waals surface area contributed by atoms with E-state index in [9.17, 15) is 9.59 Å². The topological polar surface area (TPSA) is 73.0 Å². The third-order valence-electron chi connectivity index (χ3n) is 5.28. The number of amides is 1. The molecule has 7 heteroatoms. The fraction of sp³-hybridized carbons (Fsp3) is 0.400. The summed E-state index contributed by atoms with van der Waals surface area (Å²) in [5, 5.41) is 4.72. The Morgan fingerprint density at radius 2 is 2.04 bits per heavy atom. The summed E-state index contributed by atoms with van der Waals surface area (Å²) in [7, 11) is 0. The molecule has 1 fully saturated rings. The molecule has 1 saturated heterocycles. The fourth-order valence-electron chi connectivity index (χ4n) is 3.81. The van der Waals surface area contributed by atoms with Crippen molar-refractivity contribution in [3.63, 3.8) is 0 Å². The third-order valence-corrected chi connectivity index (χ3v) is 5.28. The van der Waals surface area contributed by atoms with E-state index in [-0.39, 0.29) is 24.1 Å². The van der Waals surface area contributed by atoms with Gasteiger partial charge in [0.05, 0.1) is 11.9 Å². The number of hydrogen-bond acceptors (Lipinski definition) is 4. The molecule has 2 aromatic heterocycles. The smallest absolute Gasteiger partial charge is 0.264 e. The lowest BCUT2D eigenvalue weighted by molar-refractivity contribution is -0.135. The van der Waals surface area contributed by atoms with Crippen molar-refractivity contribution in [1.29, 1.82) is 0 Å².